The highest BCUT2D eigenvalue weighted by atomic mass is 15.7. The third-order valence-electron chi connectivity index (χ3n) is 8.16. The van der Waals surface area contributed by atoms with Crippen molar-refractivity contribution >= 4 is 33.2 Å². The number of aromatic nitrogens is 2. The van der Waals surface area contributed by atoms with Crippen molar-refractivity contribution in [2.24, 2.45) is 0 Å². The van der Waals surface area contributed by atoms with Crippen molar-refractivity contribution in [3.63, 3.8) is 0 Å². The fourth-order valence-electron chi connectivity index (χ4n) is 6.77. The molecule has 2 aliphatic rings. The molecule has 2 aromatic heterocycles. The van der Waals surface area contributed by atoms with E-state index in [1.807, 2.05) is 0 Å². The molecule has 0 fully saturated rings. The zero-order valence-corrected chi connectivity index (χ0v) is 20.5. The lowest BCUT2D eigenvalue weighted by molar-refractivity contribution is -1.14. The Kier molecular flexibility index (Phi) is 4.13. The number of fused-ring (bicyclic) bond motifs is 2. The molecule has 2 atom stereocenters. The van der Waals surface area contributed by atoms with Crippen molar-refractivity contribution in [1.29, 1.82) is 0 Å². The Balaban J connectivity index is 1.77. The first kappa shape index (κ1) is 20.5. The van der Waals surface area contributed by atoms with E-state index in [-0.39, 0.29) is 0 Å². The molecule has 0 N–H and O–H groups in total. The zero-order valence-electron chi connectivity index (χ0n) is 20.5. The second kappa shape index (κ2) is 7.06. The average molecular weight is 459 g/mol. The summed E-state index contributed by atoms with van der Waals surface area (Å²) in [5, 5.41) is 2.56. The van der Waals surface area contributed by atoms with Gasteiger partial charge in [-0.2, -0.15) is 0 Å². The summed E-state index contributed by atoms with van der Waals surface area (Å²) in [6.07, 6.45) is 4.58. The van der Waals surface area contributed by atoms with E-state index in [1.165, 1.54) is 44.3 Å². The predicted octanol–water partition coefficient (Wildman–Crippen LogP) is 4.84. The molecule has 0 bridgehead atoms. The van der Waals surface area contributed by atoms with Gasteiger partial charge in [0.25, 0.3) is 0 Å². The third kappa shape index (κ3) is 2.47. The van der Waals surface area contributed by atoms with Crippen LogP contribution >= 0.6 is 0 Å². The van der Waals surface area contributed by atoms with Crippen LogP contribution in [-0.2, 0) is 19.0 Å². The van der Waals surface area contributed by atoms with Crippen molar-refractivity contribution in [2.75, 3.05) is 7.05 Å². The number of hydrogen-bond donors (Lipinski definition) is 0. The minimum Gasteiger partial charge on any atom is -0.103 e. The topological polar surface area (TPSA) is 10.8 Å². The van der Waals surface area contributed by atoms with Crippen LogP contribution in [0, 0.1) is 0 Å². The molecule has 4 heteroatoms. The molecule has 1 spiro atoms. The van der Waals surface area contributed by atoms with Crippen molar-refractivity contribution < 1.29 is 13.7 Å². The number of para-hydroxylation sites is 3. The van der Waals surface area contributed by atoms with Crippen LogP contribution in [0.2, 0.25) is 0 Å². The van der Waals surface area contributed by atoms with Crippen LogP contribution in [0.5, 0.6) is 0 Å². The minimum atomic E-state index is -0.554. The average Bonchev–Trinajstić information content (AvgIpc) is 2.89. The van der Waals surface area contributed by atoms with Crippen molar-refractivity contribution in [3.8, 4) is 0 Å². The number of hydrogen-bond acceptors (Lipinski definition) is 0. The van der Waals surface area contributed by atoms with Gasteiger partial charge >= 0.3 is 5.91 Å². The highest BCUT2D eigenvalue weighted by Gasteiger charge is 2.80. The Bertz CT molecular complexity index is 1620. The van der Waals surface area contributed by atoms with Gasteiger partial charge in [-0.05, 0) is 57.7 Å². The fourth-order valence-corrected chi connectivity index (χ4v) is 6.77. The van der Waals surface area contributed by atoms with Gasteiger partial charge in [-0.15, -0.1) is 4.48 Å². The second-order valence-corrected chi connectivity index (χ2v) is 10.3. The van der Waals surface area contributed by atoms with Crippen molar-refractivity contribution in [1.82, 2.24) is 4.48 Å². The molecule has 0 radical (unpaired) electrons. The Morgan fingerprint density at radius 3 is 1.89 bits per heavy atom. The molecule has 4 nitrogen and oxygen atoms in total. The van der Waals surface area contributed by atoms with Gasteiger partial charge in [-0.3, -0.25) is 0 Å². The molecule has 0 amide bonds. The summed E-state index contributed by atoms with van der Waals surface area (Å²) in [7, 11) is 2.41. The fraction of sp³-hybridized carbons (Fsp3) is 0.194. The minimum absolute atomic E-state index is 0.554. The number of quaternary nitrogens is 1. The molecule has 0 saturated carbocycles. The molecule has 5 aromatic rings. The van der Waals surface area contributed by atoms with Gasteiger partial charge in [0.05, 0.1) is 18.2 Å². The van der Waals surface area contributed by atoms with Crippen LogP contribution in [0.15, 0.2) is 103 Å². The van der Waals surface area contributed by atoms with E-state index in [4.69, 9.17) is 0 Å². The lowest BCUT2D eigenvalue weighted by Crippen LogP contribution is -2.93. The molecule has 4 heterocycles. The molecule has 170 valence electrons. The first-order valence-electron chi connectivity index (χ1n) is 12.4. The Hall–Kier alpha value is -3.89. The van der Waals surface area contributed by atoms with E-state index < -0.39 is 5.91 Å². The smallest absolute Gasteiger partial charge is 0.103 e. The normalized spacial score (nSPS) is 22.7. The highest BCUT2D eigenvalue weighted by Crippen LogP contribution is 2.41. The third-order valence-corrected chi connectivity index (χ3v) is 8.16. The number of nitrogens with zero attached hydrogens (tertiary/aromatic N) is 4. The van der Waals surface area contributed by atoms with Gasteiger partial charge in [-0.25, -0.2) is 0 Å². The monoisotopic (exact) mass is 458 g/mol. The summed E-state index contributed by atoms with van der Waals surface area (Å²) in [5.74, 6) is -0.554. The molecule has 35 heavy (non-hydrogen) atoms. The standard InChI is InChI=1S/C31H30N4/c1-23(2)34-21-26-13-7-11-24-15-9-19-32(29(24)26)31(34)33-20-10-16-25-12-8-14-27(30(25)33)22-35(31,3)28-17-5-4-6-18-28/h4-20H,21-22H2,1-3H3/q+4. The van der Waals surface area contributed by atoms with Crippen molar-refractivity contribution in [3.05, 3.63) is 115 Å². The molecule has 7 rings (SSSR count). The van der Waals surface area contributed by atoms with Crippen molar-refractivity contribution in [2.45, 2.75) is 32.8 Å². The maximum atomic E-state index is 2.62. The summed E-state index contributed by atoms with van der Waals surface area (Å²) in [6.45, 7) is 6.26. The number of rotatable bonds is 1. The predicted molar refractivity (Wildman–Crippen MR) is 140 cm³/mol. The molecule has 0 saturated heterocycles. The molecule has 2 aliphatic heterocycles. The summed E-state index contributed by atoms with van der Waals surface area (Å²) >= 11 is 0. The van der Waals surface area contributed by atoms with Gasteiger partial charge in [0.15, 0.2) is 30.3 Å². The molecular formula is C31H30N4+4. The lowest BCUT2D eigenvalue weighted by atomic mass is 9.98. The number of pyridine rings is 2. The van der Waals surface area contributed by atoms with E-state index >= 15 is 0 Å². The summed E-state index contributed by atoms with van der Waals surface area (Å²) < 4.78 is 8.42. The maximum absolute atomic E-state index is 2.62. The van der Waals surface area contributed by atoms with Crippen LogP contribution < -0.4 is 13.6 Å². The van der Waals surface area contributed by atoms with Gasteiger partial charge < -0.3 is 0 Å². The quantitative estimate of drug-likeness (QED) is 0.251. The largest absolute Gasteiger partial charge is 0.695 e. The molecule has 2 unspecified atom stereocenters. The maximum Gasteiger partial charge on any atom is 0.695 e. The lowest BCUT2D eigenvalue weighted by Gasteiger charge is -2.41. The zero-order chi connectivity index (χ0) is 23.8. The first-order valence-corrected chi connectivity index (χ1v) is 12.4. The Morgan fingerprint density at radius 2 is 1.26 bits per heavy atom. The molecule has 3 aromatic carbocycles. The Morgan fingerprint density at radius 1 is 0.686 bits per heavy atom. The second-order valence-electron chi connectivity index (χ2n) is 10.3. The van der Waals surface area contributed by atoms with Crippen LogP contribution in [0.1, 0.15) is 25.0 Å². The van der Waals surface area contributed by atoms with Crippen LogP contribution in [0.3, 0.4) is 0 Å². The molecule has 0 aliphatic carbocycles. The van der Waals surface area contributed by atoms with Gasteiger partial charge in [-0.1, -0.05) is 34.9 Å². The van der Waals surface area contributed by atoms with Gasteiger partial charge in [0.1, 0.15) is 6.54 Å². The SMILES string of the molecule is CC(C)=[N+]1Cc2cccc3ccc[n+](c23)C12[n+]1cccc3cccc(c31)C[N+]2(C)c1ccccc1. The molecular weight excluding hydrogens is 428 g/mol. The highest BCUT2D eigenvalue weighted by molar-refractivity contribution is 5.81. The van der Waals surface area contributed by atoms with E-state index in [1.54, 1.807) is 0 Å². The van der Waals surface area contributed by atoms with Crippen LogP contribution in [-0.4, -0.2) is 17.3 Å². The van der Waals surface area contributed by atoms with Gasteiger partial charge in [0.2, 0.25) is 11.0 Å². The Labute approximate surface area is 205 Å². The summed E-state index contributed by atoms with van der Waals surface area (Å²) in [5.41, 5.74) is 7.96. The van der Waals surface area contributed by atoms with E-state index in [2.05, 4.69) is 138 Å². The van der Waals surface area contributed by atoms with Crippen LogP contribution in [0.25, 0.3) is 21.8 Å². The summed E-state index contributed by atoms with van der Waals surface area (Å²) in [6, 6.07) is 33.4. The number of benzene rings is 3. The van der Waals surface area contributed by atoms with E-state index in [0.29, 0.717) is 4.48 Å². The van der Waals surface area contributed by atoms with Gasteiger partial charge in [0, 0.05) is 36.8 Å². The summed E-state index contributed by atoms with van der Waals surface area (Å²) in [4.78, 5) is 0. The van der Waals surface area contributed by atoms with E-state index in [9.17, 15) is 0 Å². The first-order chi connectivity index (χ1) is 17.1. The van der Waals surface area contributed by atoms with E-state index in [0.717, 1.165) is 13.1 Å². The van der Waals surface area contributed by atoms with Crippen LogP contribution in [0.4, 0.5) is 5.69 Å².